The van der Waals surface area contributed by atoms with Gasteiger partial charge < -0.3 is 10.1 Å². The summed E-state index contributed by atoms with van der Waals surface area (Å²) in [4.78, 5) is 0. The van der Waals surface area contributed by atoms with Gasteiger partial charge in [-0.3, -0.25) is 0 Å². The zero-order chi connectivity index (χ0) is 15.0. The van der Waals surface area contributed by atoms with Gasteiger partial charge in [-0.1, -0.05) is 0 Å². The lowest BCUT2D eigenvalue weighted by molar-refractivity contribution is -0.146. The first-order valence-electron chi connectivity index (χ1n) is 6.58. The summed E-state index contributed by atoms with van der Waals surface area (Å²) in [7, 11) is 1.63. The molecule has 0 amide bonds. The van der Waals surface area contributed by atoms with E-state index >= 15 is 0 Å². The molecule has 6 nitrogen and oxygen atoms in total. The minimum absolute atomic E-state index is 0.0468. The zero-order valence-corrected chi connectivity index (χ0v) is 11.3. The molecule has 1 N–H and O–H groups in total. The molecular weight excluding hydrogens is 287 g/mol. The first-order valence-corrected chi connectivity index (χ1v) is 6.58. The van der Waals surface area contributed by atoms with Gasteiger partial charge in [-0.2, -0.15) is 17.7 Å². The van der Waals surface area contributed by atoms with Gasteiger partial charge in [-0.25, -0.2) is 0 Å². The Morgan fingerprint density at radius 3 is 2.81 bits per heavy atom. The molecule has 1 aliphatic carbocycles. The van der Waals surface area contributed by atoms with Gasteiger partial charge in [0.15, 0.2) is 5.65 Å². The monoisotopic (exact) mass is 301 g/mol. The lowest BCUT2D eigenvalue weighted by Crippen LogP contribution is -2.30. The molecule has 0 aliphatic heterocycles. The van der Waals surface area contributed by atoms with E-state index in [1.807, 2.05) is 0 Å². The van der Waals surface area contributed by atoms with E-state index in [9.17, 15) is 13.2 Å². The Morgan fingerprint density at radius 2 is 2.10 bits per heavy atom. The van der Waals surface area contributed by atoms with Crippen molar-refractivity contribution >= 4 is 11.5 Å². The summed E-state index contributed by atoms with van der Waals surface area (Å²) in [5.41, 5.74) is 0.0580. The molecule has 0 aromatic carbocycles. The third kappa shape index (κ3) is 2.65. The van der Waals surface area contributed by atoms with Gasteiger partial charge in [0.1, 0.15) is 5.82 Å². The number of nitrogens with zero attached hydrogens (tertiary/aromatic N) is 4. The lowest BCUT2D eigenvalue weighted by atomic mass is 10.2. The molecule has 2 aromatic heterocycles. The Morgan fingerprint density at radius 1 is 1.29 bits per heavy atom. The molecule has 2 aromatic rings. The van der Waals surface area contributed by atoms with Crippen LogP contribution >= 0.6 is 0 Å². The molecule has 0 saturated heterocycles. The van der Waals surface area contributed by atoms with Crippen LogP contribution in [0.25, 0.3) is 5.65 Å². The molecule has 0 spiro atoms. The Bertz CT molecular complexity index is 641. The molecule has 2 heterocycles. The van der Waals surface area contributed by atoms with E-state index < -0.39 is 12.0 Å². The van der Waals surface area contributed by atoms with Crippen molar-refractivity contribution in [1.82, 2.24) is 19.8 Å². The van der Waals surface area contributed by atoms with E-state index in [4.69, 9.17) is 4.74 Å². The number of hydrogen-bond donors (Lipinski definition) is 1. The quantitative estimate of drug-likeness (QED) is 0.941. The highest BCUT2D eigenvalue weighted by Crippen LogP contribution is 2.28. The van der Waals surface area contributed by atoms with Crippen molar-refractivity contribution in [3.05, 3.63) is 18.0 Å². The molecule has 1 aliphatic rings. The largest absolute Gasteiger partial charge is 0.453 e. The van der Waals surface area contributed by atoms with Crippen LogP contribution in [-0.2, 0) is 10.9 Å². The maximum absolute atomic E-state index is 12.8. The van der Waals surface area contributed by atoms with Gasteiger partial charge in [-0.05, 0) is 31.4 Å². The van der Waals surface area contributed by atoms with Crippen LogP contribution < -0.4 is 5.32 Å². The summed E-state index contributed by atoms with van der Waals surface area (Å²) in [5.74, 6) is -0.780. The fourth-order valence-electron chi connectivity index (χ4n) is 2.61. The Labute approximate surface area is 118 Å². The number of ether oxygens (including phenoxy) is 1. The zero-order valence-electron chi connectivity index (χ0n) is 11.3. The molecule has 2 unspecified atom stereocenters. The van der Waals surface area contributed by atoms with Crippen LogP contribution in [0.15, 0.2) is 12.1 Å². The van der Waals surface area contributed by atoms with Gasteiger partial charge in [0.25, 0.3) is 5.82 Å². The third-order valence-electron chi connectivity index (χ3n) is 3.60. The van der Waals surface area contributed by atoms with Crippen molar-refractivity contribution in [1.29, 1.82) is 0 Å². The van der Waals surface area contributed by atoms with E-state index in [2.05, 4.69) is 20.6 Å². The van der Waals surface area contributed by atoms with Crippen LogP contribution in [-0.4, -0.2) is 39.1 Å². The van der Waals surface area contributed by atoms with E-state index in [0.717, 1.165) is 19.3 Å². The van der Waals surface area contributed by atoms with Gasteiger partial charge in [-0.15, -0.1) is 15.3 Å². The second-order valence-corrected chi connectivity index (χ2v) is 4.97. The molecule has 1 saturated carbocycles. The Kier molecular flexibility index (Phi) is 3.44. The standard InChI is InChI=1S/C12H14F3N5O/c1-21-8-4-2-3-7(8)16-9-5-6-10-17-18-11(12(13,14)15)20(10)19-9/h5-8H,2-4H2,1H3,(H,16,19). The highest BCUT2D eigenvalue weighted by molar-refractivity contribution is 5.45. The first-order chi connectivity index (χ1) is 9.99. The Hall–Kier alpha value is -1.90. The Balaban J connectivity index is 1.90. The van der Waals surface area contributed by atoms with E-state index in [0.29, 0.717) is 10.3 Å². The second kappa shape index (κ2) is 5.14. The predicted octanol–water partition coefficient (Wildman–Crippen LogP) is 2.12. The van der Waals surface area contributed by atoms with Crippen LogP contribution in [0.5, 0.6) is 0 Å². The smallest absolute Gasteiger partial charge is 0.379 e. The summed E-state index contributed by atoms with van der Waals surface area (Å²) in [6.45, 7) is 0. The third-order valence-corrected chi connectivity index (χ3v) is 3.60. The fraction of sp³-hybridized carbons (Fsp3) is 0.583. The van der Waals surface area contributed by atoms with Crippen LogP contribution in [0.1, 0.15) is 25.1 Å². The molecule has 2 atom stereocenters. The topological polar surface area (TPSA) is 64.3 Å². The van der Waals surface area contributed by atoms with Gasteiger partial charge >= 0.3 is 6.18 Å². The average molecular weight is 301 g/mol. The van der Waals surface area contributed by atoms with Crippen LogP contribution in [0.3, 0.4) is 0 Å². The minimum Gasteiger partial charge on any atom is -0.379 e. The van der Waals surface area contributed by atoms with E-state index in [1.54, 1.807) is 13.2 Å². The molecule has 1 fully saturated rings. The number of nitrogens with one attached hydrogen (secondary N) is 1. The molecule has 114 valence electrons. The number of fused-ring (bicyclic) bond motifs is 1. The highest BCUT2D eigenvalue weighted by Gasteiger charge is 2.37. The number of alkyl halides is 3. The SMILES string of the molecule is COC1CCCC1Nc1ccc2nnc(C(F)(F)F)n2n1. The summed E-state index contributed by atoms with van der Waals surface area (Å²) < 4.78 is 44.5. The summed E-state index contributed by atoms with van der Waals surface area (Å²) >= 11 is 0. The highest BCUT2D eigenvalue weighted by atomic mass is 19.4. The van der Waals surface area contributed by atoms with Crippen molar-refractivity contribution in [2.24, 2.45) is 0 Å². The maximum Gasteiger partial charge on any atom is 0.453 e. The molecule has 9 heteroatoms. The predicted molar refractivity (Wildman–Crippen MR) is 67.8 cm³/mol. The van der Waals surface area contributed by atoms with Crippen molar-refractivity contribution in [3.63, 3.8) is 0 Å². The molecule has 3 rings (SSSR count). The number of hydrogen-bond acceptors (Lipinski definition) is 5. The number of anilines is 1. The van der Waals surface area contributed by atoms with E-state index in [1.165, 1.54) is 6.07 Å². The van der Waals surface area contributed by atoms with Crippen LogP contribution in [0, 0.1) is 0 Å². The fourth-order valence-corrected chi connectivity index (χ4v) is 2.61. The number of methoxy groups -OCH3 is 1. The average Bonchev–Trinajstić information content (AvgIpc) is 3.03. The first kappa shape index (κ1) is 14.1. The van der Waals surface area contributed by atoms with Crippen LogP contribution in [0.2, 0.25) is 0 Å². The number of rotatable bonds is 3. The van der Waals surface area contributed by atoms with Crippen molar-refractivity contribution in [3.8, 4) is 0 Å². The summed E-state index contributed by atoms with van der Waals surface area (Å²) in [6, 6.07) is 3.09. The maximum atomic E-state index is 12.8. The summed E-state index contributed by atoms with van der Waals surface area (Å²) in [6.07, 6.45) is -1.71. The lowest BCUT2D eigenvalue weighted by Gasteiger charge is -2.20. The van der Waals surface area contributed by atoms with Crippen molar-refractivity contribution in [2.45, 2.75) is 37.6 Å². The normalized spacial score (nSPS) is 22.9. The van der Waals surface area contributed by atoms with Crippen molar-refractivity contribution in [2.75, 3.05) is 12.4 Å². The molecular formula is C12H14F3N5O. The summed E-state index contributed by atoms with van der Waals surface area (Å²) in [5, 5.41) is 13.7. The van der Waals surface area contributed by atoms with Crippen LogP contribution in [0.4, 0.5) is 19.0 Å². The van der Waals surface area contributed by atoms with Crippen molar-refractivity contribution < 1.29 is 17.9 Å². The van der Waals surface area contributed by atoms with Gasteiger partial charge in [0, 0.05) is 7.11 Å². The number of aromatic nitrogens is 4. The number of halogens is 3. The molecule has 21 heavy (non-hydrogen) atoms. The molecule has 0 radical (unpaired) electrons. The van der Waals surface area contributed by atoms with Gasteiger partial charge in [0.05, 0.1) is 12.1 Å². The second-order valence-electron chi connectivity index (χ2n) is 4.97. The van der Waals surface area contributed by atoms with E-state index in [-0.39, 0.29) is 17.8 Å². The van der Waals surface area contributed by atoms with Gasteiger partial charge in [0.2, 0.25) is 0 Å². The minimum atomic E-state index is -4.59. The molecule has 0 bridgehead atoms.